The summed E-state index contributed by atoms with van der Waals surface area (Å²) in [7, 11) is 0. The third kappa shape index (κ3) is 3.46. The molecule has 2 rings (SSSR count). The van der Waals surface area contributed by atoms with Gasteiger partial charge in [-0.3, -0.25) is 9.59 Å². The van der Waals surface area contributed by atoms with Gasteiger partial charge in [-0.1, -0.05) is 18.2 Å². The van der Waals surface area contributed by atoms with Crippen molar-refractivity contribution in [3.8, 4) is 0 Å². The van der Waals surface area contributed by atoms with Gasteiger partial charge in [0.1, 0.15) is 0 Å². The molecule has 1 atom stereocenters. The number of fused-ring (bicyclic) bond motifs is 1. The number of amides is 2. The summed E-state index contributed by atoms with van der Waals surface area (Å²) >= 11 is 0. The fourth-order valence-electron chi connectivity index (χ4n) is 2.16. The summed E-state index contributed by atoms with van der Waals surface area (Å²) in [6.45, 7) is 3.53. The lowest BCUT2D eigenvalue weighted by atomic mass is 9.92. The van der Waals surface area contributed by atoms with Gasteiger partial charge in [0, 0.05) is 23.6 Å². The van der Waals surface area contributed by atoms with E-state index in [0.717, 1.165) is 16.5 Å². The minimum atomic E-state index is -0.795. The Hall–Kier alpha value is -2.34. The van der Waals surface area contributed by atoms with Gasteiger partial charge in [-0.2, -0.15) is 0 Å². The summed E-state index contributed by atoms with van der Waals surface area (Å²) < 4.78 is 0. The normalized spacial score (nSPS) is 13.0. The fraction of sp³-hybridized carbons (Fsp3) is 0.375. The second-order valence-corrected chi connectivity index (χ2v) is 6.14. The van der Waals surface area contributed by atoms with Crippen molar-refractivity contribution >= 4 is 22.7 Å². The molecule has 0 aliphatic heterocycles. The zero-order valence-corrected chi connectivity index (χ0v) is 12.8. The summed E-state index contributed by atoms with van der Waals surface area (Å²) in [5.74, 6) is -0.752. The van der Waals surface area contributed by atoms with Crippen LogP contribution in [0.5, 0.6) is 0 Å². The van der Waals surface area contributed by atoms with Crippen molar-refractivity contribution in [2.45, 2.75) is 26.3 Å². The Bertz CT molecular complexity index is 690. The highest BCUT2D eigenvalue weighted by Gasteiger charge is 2.26. The van der Waals surface area contributed by atoms with Crippen molar-refractivity contribution in [1.29, 1.82) is 0 Å². The van der Waals surface area contributed by atoms with Gasteiger partial charge in [0.2, 0.25) is 11.8 Å². The molecular weight excluding hydrogens is 280 g/mol. The predicted octanol–water partition coefficient (Wildman–Crippen LogP) is 0.665. The van der Waals surface area contributed by atoms with Crippen molar-refractivity contribution < 1.29 is 9.59 Å². The van der Waals surface area contributed by atoms with Crippen molar-refractivity contribution in [2.24, 2.45) is 16.9 Å². The average Bonchev–Trinajstić information content (AvgIpc) is 2.88. The number of nitrogens with two attached hydrogens (primary N) is 2. The first-order valence-electron chi connectivity index (χ1n) is 7.19. The molecule has 1 aromatic heterocycles. The Morgan fingerprint density at radius 1 is 1.32 bits per heavy atom. The van der Waals surface area contributed by atoms with Gasteiger partial charge in [-0.05, 0) is 31.9 Å². The molecule has 6 heteroatoms. The molecule has 0 saturated heterocycles. The van der Waals surface area contributed by atoms with Gasteiger partial charge < -0.3 is 21.8 Å². The molecule has 6 nitrogen and oxygen atoms in total. The summed E-state index contributed by atoms with van der Waals surface area (Å²) in [4.78, 5) is 26.5. The lowest BCUT2D eigenvalue weighted by Crippen LogP contribution is -2.48. The Kier molecular flexibility index (Phi) is 4.51. The summed E-state index contributed by atoms with van der Waals surface area (Å²) in [5.41, 5.74) is 12.5. The smallest absolute Gasteiger partial charge is 0.237 e. The first kappa shape index (κ1) is 16.0. The first-order valence-corrected chi connectivity index (χ1v) is 7.19. The van der Waals surface area contributed by atoms with Crippen LogP contribution in [0.4, 0.5) is 0 Å². The minimum Gasteiger partial charge on any atom is -0.369 e. The molecule has 118 valence electrons. The predicted molar refractivity (Wildman–Crippen MR) is 86.0 cm³/mol. The van der Waals surface area contributed by atoms with E-state index in [1.807, 2.05) is 30.5 Å². The second kappa shape index (κ2) is 6.19. The van der Waals surface area contributed by atoms with Gasteiger partial charge in [-0.15, -0.1) is 0 Å². The van der Waals surface area contributed by atoms with Crippen LogP contribution in [0.15, 0.2) is 30.5 Å². The highest BCUT2D eigenvalue weighted by atomic mass is 16.2. The Morgan fingerprint density at radius 3 is 2.68 bits per heavy atom. The number of aromatic nitrogens is 1. The molecule has 2 aromatic rings. The average molecular weight is 302 g/mol. The van der Waals surface area contributed by atoms with Crippen molar-refractivity contribution in [3.05, 3.63) is 36.0 Å². The molecule has 0 bridgehead atoms. The second-order valence-electron chi connectivity index (χ2n) is 6.14. The first-order chi connectivity index (χ1) is 10.3. The molecular formula is C16H22N4O2. The molecule has 0 unspecified atom stereocenters. The van der Waals surface area contributed by atoms with Gasteiger partial charge >= 0.3 is 0 Å². The number of primary amides is 1. The Morgan fingerprint density at radius 2 is 2.00 bits per heavy atom. The van der Waals surface area contributed by atoms with Crippen LogP contribution >= 0.6 is 0 Å². The topological polar surface area (TPSA) is 114 Å². The zero-order valence-electron chi connectivity index (χ0n) is 12.8. The standard InChI is InChI=1S/C16H22N4O2/c1-16(2,15(18)22)9-20-14(21)12(17)7-10-8-19-13-6-4-3-5-11(10)13/h3-6,8,12,19H,7,9,17H2,1-2H3,(H2,18,22)(H,20,21)/t12-/m0/s1. The maximum Gasteiger partial charge on any atom is 0.237 e. The monoisotopic (exact) mass is 302 g/mol. The van der Waals surface area contributed by atoms with Crippen LogP contribution in [0.1, 0.15) is 19.4 Å². The summed E-state index contributed by atoms with van der Waals surface area (Å²) in [5, 5.41) is 3.75. The number of benzene rings is 1. The molecule has 2 amide bonds. The molecule has 0 aliphatic rings. The fourth-order valence-corrected chi connectivity index (χ4v) is 2.16. The van der Waals surface area contributed by atoms with Crippen LogP contribution in [0.2, 0.25) is 0 Å². The lowest BCUT2D eigenvalue weighted by Gasteiger charge is -2.22. The molecule has 1 heterocycles. The molecule has 1 aromatic carbocycles. The molecule has 0 aliphatic carbocycles. The number of hydrogen-bond donors (Lipinski definition) is 4. The number of para-hydroxylation sites is 1. The Balaban J connectivity index is 1.98. The highest BCUT2D eigenvalue weighted by molar-refractivity contribution is 5.87. The number of hydrogen-bond acceptors (Lipinski definition) is 3. The lowest BCUT2D eigenvalue weighted by molar-refractivity contribution is -0.127. The van der Waals surface area contributed by atoms with Gasteiger partial charge in [-0.25, -0.2) is 0 Å². The van der Waals surface area contributed by atoms with E-state index in [0.29, 0.717) is 6.42 Å². The van der Waals surface area contributed by atoms with Crippen molar-refractivity contribution in [2.75, 3.05) is 6.54 Å². The molecule has 0 fully saturated rings. The number of carbonyl (C=O) groups excluding carboxylic acids is 2. The Labute approximate surface area is 129 Å². The molecule has 0 saturated carbocycles. The van der Waals surface area contributed by atoms with Gasteiger partial charge in [0.15, 0.2) is 0 Å². The van der Waals surface area contributed by atoms with Crippen LogP contribution in [-0.2, 0) is 16.0 Å². The highest BCUT2D eigenvalue weighted by Crippen LogP contribution is 2.19. The van der Waals surface area contributed by atoms with Gasteiger partial charge in [0.25, 0.3) is 0 Å². The molecule has 6 N–H and O–H groups in total. The maximum atomic E-state index is 12.1. The van der Waals surface area contributed by atoms with E-state index >= 15 is 0 Å². The van der Waals surface area contributed by atoms with Crippen LogP contribution < -0.4 is 16.8 Å². The largest absolute Gasteiger partial charge is 0.369 e. The van der Waals surface area contributed by atoms with Crippen LogP contribution in [0.3, 0.4) is 0 Å². The van der Waals surface area contributed by atoms with Crippen LogP contribution in [0.25, 0.3) is 10.9 Å². The van der Waals surface area contributed by atoms with E-state index in [4.69, 9.17) is 11.5 Å². The van der Waals surface area contributed by atoms with Crippen LogP contribution in [0, 0.1) is 5.41 Å². The van der Waals surface area contributed by atoms with Gasteiger partial charge in [0.05, 0.1) is 11.5 Å². The number of rotatable bonds is 6. The van der Waals surface area contributed by atoms with Crippen LogP contribution in [-0.4, -0.2) is 29.4 Å². The third-order valence-corrected chi connectivity index (χ3v) is 3.82. The summed E-state index contributed by atoms with van der Waals surface area (Å²) in [6.07, 6.45) is 2.29. The quantitative estimate of drug-likeness (QED) is 0.628. The van der Waals surface area contributed by atoms with E-state index in [2.05, 4.69) is 10.3 Å². The number of carbonyl (C=O) groups is 2. The number of H-pyrrole nitrogens is 1. The van der Waals surface area contributed by atoms with E-state index in [1.165, 1.54) is 0 Å². The van der Waals surface area contributed by atoms with Crippen molar-refractivity contribution in [3.63, 3.8) is 0 Å². The zero-order chi connectivity index (χ0) is 16.3. The molecule has 0 radical (unpaired) electrons. The van der Waals surface area contributed by atoms with E-state index in [1.54, 1.807) is 13.8 Å². The number of nitrogens with one attached hydrogen (secondary N) is 2. The number of aromatic amines is 1. The SMILES string of the molecule is CC(C)(CNC(=O)[C@@H](N)Cc1c[nH]c2ccccc12)C(N)=O. The van der Waals surface area contributed by atoms with E-state index < -0.39 is 17.4 Å². The maximum absolute atomic E-state index is 12.1. The van der Waals surface area contributed by atoms with Crippen molar-refractivity contribution in [1.82, 2.24) is 10.3 Å². The molecule has 0 spiro atoms. The third-order valence-electron chi connectivity index (χ3n) is 3.82. The minimum absolute atomic E-state index is 0.169. The van der Waals surface area contributed by atoms with E-state index in [9.17, 15) is 9.59 Å². The molecule has 22 heavy (non-hydrogen) atoms. The van der Waals surface area contributed by atoms with E-state index in [-0.39, 0.29) is 12.5 Å². The summed E-state index contributed by atoms with van der Waals surface area (Å²) in [6, 6.07) is 7.17.